The number of amides is 1. The van der Waals surface area contributed by atoms with Gasteiger partial charge in [-0.1, -0.05) is 11.8 Å². The van der Waals surface area contributed by atoms with E-state index in [-0.39, 0.29) is 11.7 Å². The van der Waals surface area contributed by atoms with E-state index in [0.717, 1.165) is 22.7 Å². The third kappa shape index (κ3) is 5.58. The molecule has 0 spiro atoms. The number of thioether (sulfide) groups is 1. The molecule has 0 unspecified atom stereocenters. The summed E-state index contributed by atoms with van der Waals surface area (Å²) in [5.74, 6) is 2.64. The van der Waals surface area contributed by atoms with Crippen molar-refractivity contribution in [2.75, 3.05) is 27.1 Å². The van der Waals surface area contributed by atoms with Crippen molar-refractivity contribution < 1.29 is 19.0 Å². The molecule has 3 rings (SSSR count). The normalized spacial score (nSPS) is 10.9. The zero-order valence-electron chi connectivity index (χ0n) is 18.4. The summed E-state index contributed by atoms with van der Waals surface area (Å²) in [6.45, 7) is 2.68. The number of carbonyl (C=O) groups is 1. The van der Waals surface area contributed by atoms with Gasteiger partial charge >= 0.3 is 0 Å². The Morgan fingerprint density at radius 2 is 1.81 bits per heavy atom. The van der Waals surface area contributed by atoms with Crippen LogP contribution >= 0.6 is 11.8 Å². The van der Waals surface area contributed by atoms with Crippen molar-refractivity contribution in [1.82, 2.24) is 20.2 Å². The summed E-state index contributed by atoms with van der Waals surface area (Å²) in [6.07, 6.45) is 1.54. The molecule has 0 fully saturated rings. The van der Waals surface area contributed by atoms with Gasteiger partial charge in [0.2, 0.25) is 0 Å². The Morgan fingerprint density at radius 1 is 1.06 bits per heavy atom. The van der Waals surface area contributed by atoms with Gasteiger partial charge in [-0.05, 0) is 55.0 Å². The monoisotopic (exact) mass is 455 g/mol. The number of hydrogen-bond acceptors (Lipinski definition) is 8. The minimum atomic E-state index is -0.247. The molecule has 1 N–H and O–H groups in total. The first kappa shape index (κ1) is 23.1. The Morgan fingerprint density at radius 3 is 2.47 bits per heavy atom. The zero-order valence-corrected chi connectivity index (χ0v) is 19.2. The molecular weight excluding hydrogens is 430 g/mol. The number of ether oxygens (including phenoxy) is 3. The summed E-state index contributed by atoms with van der Waals surface area (Å²) in [5, 5.41) is 13.2. The molecule has 1 aromatic heterocycles. The van der Waals surface area contributed by atoms with Crippen molar-refractivity contribution in [1.29, 1.82) is 0 Å². The molecule has 0 saturated heterocycles. The second-order valence-corrected chi connectivity index (χ2v) is 7.42. The minimum absolute atomic E-state index is 0.157. The van der Waals surface area contributed by atoms with Gasteiger partial charge in [0.15, 0.2) is 22.5 Å². The quantitative estimate of drug-likeness (QED) is 0.285. The van der Waals surface area contributed by atoms with Crippen LogP contribution in [0, 0.1) is 0 Å². The van der Waals surface area contributed by atoms with Crippen LogP contribution in [0.5, 0.6) is 17.2 Å². The van der Waals surface area contributed by atoms with Crippen LogP contribution in [0.2, 0.25) is 0 Å². The van der Waals surface area contributed by atoms with E-state index in [4.69, 9.17) is 14.2 Å². The van der Waals surface area contributed by atoms with Crippen LogP contribution in [0.1, 0.15) is 12.5 Å². The van der Waals surface area contributed by atoms with Gasteiger partial charge in [-0.3, -0.25) is 4.79 Å². The lowest BCUT2D eigenvalue weighted by Gasteiger charge is -2.08. The molecule has 0 bridgehead atoms. The predicted molar refractivity (Wildman–Crippen MR) is 124 cm³/mol. The summed E-state index contributed by atoms with van der Waals surface area (Å²) in [7, 11) is 4.76. The lowest BCUT2D eigenvalue weighted by molar-refractivity contribution is -0.118. The third-order valence-corrected chi connectivity index (χ3v) is 5.49. The van der Waals surface area contributed by atoms with Crippen molar-refractivity contribution in [3.8, 4) is 28.6 Å². The third-order valence-electron chi connectivity index (χ3n) is 4.52. The number of nitrogens with one attached hydrogen (secondary N) is 1. The molecule has 10 heteroatoms. The number of aromatic nitrogens is 3. The van der Waals surface area contributed by atoms with Crippen LogP contribution in [0.4, 0.5) is 0 Å². The molecule has 1 amide bonds. The highest BCUT2D eigenvalue weighted by Crippen LogP contribution is 2.27. The summed E-state index contributed by atoms with van der Waals surface area (Å²) in [6, 6.07) is 13.0. The van der Waals surface area contributed by atoms with E-state index in [1.54, 1.807) is 39.7 Å². The topological polar surface area (TPSA) is 99.9 Å². The zero-order chi connectivity index (χ0) is 22.9. The predicted octanol–water partition coefficient (Wildman–Crippen LogP) is 3.23. The van der Waals surface area contributed by atoms with Crippen molar-refractivity contribution in [3.05, 3.63) is 48.0 Å². The van der Waals surface area contributed by atoms with Gasteiger partial charge in [0.25, 0.3) is 5.91 Å². The minimum Gasteiger partial charge on any atom is -0.497 e. The van der Waals surface area contributed by atoms with Crippen molar-refractivity contribution in [3.63, 3.8) is 0 Å². The van der Waals surface area contributed by atoms with Crippen LogP contribution in [-0.4, -0.2) is 54.0 Å². The number of nitrogens with zero attached hydrogens (tertiary/aromatic N) is 4. The molecular formula is C22H25N5O4S. The van der Waals surface area contributed by atoms with Crippen LogP contribution in [-0.2, 0) is 11.3 Å². The Labute approximate surface area is 190 Å². The molecule has 168 valence electrons. The Balaban J connectivity index is 1.59. The van der Waals surface area contributed by atoms with Crippen LogP contribution < -0.4 is 19.6 Å². The molecule has 1 heterocycles. The molecule has 0 radical (unpaired) electrons. The maximum atomic E-state index is 12.2. The van der Waals surface area contributed by atoms with Gasteiger partial charge in [-0.25, -0.2) is 5.43 Å². The first-order valence-corrected chi connectivity index (χ1v) is 10.8. The summed E-state index contributed by atoms with van der Waals surface area (Å²) in [5.41, 5.74) is 4.22. The van der Waals surface area contributed by atoms with Gasteiger partial charge < -0.3 is 18.8 Å². The molecule has 0 saturated carbocycles. The van der Waals surface area contributed by atoms with Gasteiger partial charge in [0.05, 0.1) is 33.3 Å². The number of hydrazone groups is 1. The molecule has 0 atom stereocenters. The highest BCUT2D eigenvalue weighted by Gasteiger charge is 2.14. The van der Waals surface area contributed by atoms with Crippen molar-refractivity contribution in [2.24, 2.45) is 5.10 Å². The maximum Gasteiger partial charge on any atom is 0.250 e. The molecule has 0 aliphatic carbocycles. The fraction of sp³-hybridized carbons (Fsp3) is 0.273. The Hall–Kier alpha value is -3.53. The second-order valence-electron chi connectivity index (χ2n) is 6.48. The first-order valence-electron chi connectivity index (χ1n) is 9.84. The molecule has 2 aromatic carbocycles. The van der Waals surface area contributed by atoms with E-state index in [1.807, 2.05) is 41.8 Å². The fourth-order valence-corrected chi connectivity index (χ4v) is 3.70. The van der Waals surface area contributed by atoms with Crippen LogP contribution in [0.25, 0.3) is 11.4 Å². The standard InChI is InChI=1S/C22H25N5O4S/c1-5-27-21(16-7-9-17(29-2)10-8-16)25-26-22(27)32-14-20(28)24-23-13-15-6-11-18(30-3)19(12-15)31-4/h6-13H,5,14H2,1-4H3,(H,24,28)/b23-13+. The number of carbonyl (C=O) groups excluding carboxylic acids is 1. The summed E-state index contributed by atoms with van der Waals surface area (Å²) < 4.78 is 17.6. The fourth-order valence-electron chi connectivity index (χ4n) is 2.91. The molecule has 3 aromatic rings. The lowest BCUT2D eigenvalue weighted by atomic mass is 10.2. The van der Waals surface area contributed by atoms with E-state index in [2.05, 4.69) is 20.7 Å². The smallest absolute Gasteiger partial charge is 0.250 e. The number of benzene rings is 2. The molecule has 32 heavy (non-hydrogen) atoms. The summed E-state index contributed by atoms with van der Waals surface area (Å²) in [4.78, 5) is 12.2. The Kier molecular flexibility index (Phi) is 8.09. The van der Waals surface area contributed by atoms with E-state index >= 15 is 0 Å². The van der Waals surface area contributed by atoms with Gasteiger partial charge in [-0.2, -0.15) is 5.10 Å². The van der Waals surface area contributed by atoms with E-state index in [9.17, 15) is 4.79 Å². The lowest BCUT2D eigenvalue weighted by Crippen LogP contribution is -2.20. The van der Waals surface area contributed by atoms with Crippen molar-refractivity contribution >= 4 is 23.9 Å². The van der Waals surface area contributed by atoms with Gasteiger partial charge in [0, 0.05) is 12.1 Å². The number of rotatable bonds is 10. The van der Waals surface area contributed by atoms with Gasteiger partial charge in [-0.15, -0.1) is 10.2 Å². The highest BCUT2D eigenvalue weighted by molar-refractivity contribution is 7.99. The average molecular weight is 456 g/mol. The van der Waals surface area contributed by atoms with E-state index in [1.165, 1.54) is 11.8 Å². The van der Waals surface area contributed by atoms with E-state index < -0.39 is 0 Å². The van der Waals surface area contributed by atoms with Crippen LogP contribution in [0.3, 0.4) is 0 Å². The SMILES string of the molecule is CCn1c(SCC(=O)N/N=C/c2ccc(OC)c(OC)c2)nnc1-c1ccc(OC)cc1. The Bertz CT molecular complexity index is 1080. The molecule has 0 aliphatic heterocycles. The maximum absolute atomic E-state index is 12.2. The number of methoxy groups -OCH3 is 3. The molecule has 0 aliphatic rings. The summed E-state index contributed by atoms with van der Waals surface area (Å²) >= 11 is 1.30. The number of hydrogen-bond donors (Lipinski definition) is 1. The van der Waals surface area contributed by atoms with Crippen LogP contribution in [0.15, 0.2) is 52.7 Å². The largest absolute Gasteiger partial charge is 0.497 e. The van der Waals surface area contributed by atoms with Crippen molar-refractivity contribution in [2.45, 2.75) is 18.6 Å². The van der Waals surface area contributed by atoms with Gasteiger partial charge in [0.1, 0.15) is 5.75 Å². The second kappa shape index (κ2) is 11.2. The highest BCUT2D eigenvalue weighted by atomic mass is 32.2. The van der Waals surface area contributed by atoms with E-state index in [0.29, 0.717) is 23.2 Å². The molecule has 9 nitrogen and oxygen atoms in total. The first-order chi connectivity index (χ1) is 15.6. The average Bonchev–Trinajstić information content (AvgIpc) is 3.25.